The van der Waals surface area contributed by atoms with Gasteiger partial charge in [0.25, 0.3) is 5.91 Å². The van der Waals surface area contributed by atoms with Crippen LogP contribution in [0.2, 0.25) is 0 Å². The summed E-state index contributed by atoms with van der Waals surface area (Å²) in [5, 5.41) is 0. The zero-order valence-corrected chi connectivity index (χ0v) is 19.1. The van der Waals surface area contributed by atoms with E-state index in [9.17, 15) is 4.79 Å². The standard InChI is InChI=1S/C23H38N6O/c1-4-6-15-28(16-7-5-2)23(30)21-24-18-20-22(26-21)29(19(3)25-20)17-11-14-27-12-9-8-10-13-27/h18H,4-17H2,1-3H3. The molecule has 1 aliphatic heterocycles. The molecule has 0 N–H and O–H groups in total. The summed E-state index contributed by atoms with van der Waals surface area (Å²) >= 11 is 0. The van der Waals surface area contributed by atoms with E-state index in [-0.39, 0.29) is 5.91 Å². The maximum atomic E-state index is 13.1. The van der Waals surface area contributed by atoms with Gasteiger partial charge >= 0.3 is 0 Å². The number of unbranched alkanes of at least 4 members (excludes halogenated alkanes) is 2. The van der Waals surface area contributed by atoms with E-state index in [4.69, 9.17) is 0 Å². The van der Waals surface area contributed by atoms with Gasteiger partial charge in [0.15, 0.2) is 5.65 Å². The molecular weight excluding hydrogens is 376 g/mol. The second kappa shape index (κ2) is 11.4. The van der Waals surface area contributed by atoms with Gasteiger partial charge in [-0.3, -0.25) is 4.79 Å². The number of amides is 1. The number of aromatic nitrogens is 4. The molecule has 0 aliphatic carbocycles. The number of likely N-dealkylation sites (tertiary alicyclic amines) is 1. The average molecular weight is 415 g/mol. The maximum absolute atomic E-state index is 13.1. The summed E-state index contributed by atoms with van der Waals surface area (Å²) < 4.78 is 2.15. The number of aryl methyl sites for hydroxylation is 2. The molecule has 1 amide bonds. The van der Waals surface area contributed by atoms with Gasteiger partial charge in [0.05, 0.1) is 6.20 Å². The summed E-state index contributed by atoms with van der Waals surface area (Å²) in [7, 11) is 0. The number of fused-ring (bicyclic) bond motifs is 1. The molecule has 0 aromatic carbocycles. The van der Waals surface area contributed by atoms with E-state index in [1.165, 1.54) is 32.4 Å². The van der Waals surface area contributed by atoms with Gasteiger partial charge in [-0.25, -0.2) is 15.0 Å². The van der Waals surface area contributed by atoms with Gasteiger partial charge in [0.2, 0.25) is 5.82 Å². The highest BCUT2D eigenvalue weighted by molar-refractivity contribution is 5.92. The number of hydrogen-bond donors (Lipinski definition) is 0. The van der Waals surface area contributed by atoms with E-state index < -0.39 is 0 Å². The minimum Gasteiger partial charge on any atom is -0.336 e. The lowest BCUT2D eigenvalue weighted by Crippen LogP contribution is -2.34. The minimum absolute atomic E-state index is 0.0579. The number of hydrogen-bond acceptors (Lipinski definition) is 5. The van der Waals surface area contributed by atoms with Crippen LogP contribution in [0.4, 0.5) is 0 Å². The van der Waals surface area contributed by atoms with Crippen molar-refractivity contribution in [1.29, 1.82) is 0 Å². The smallest absolute Gasteiger partial charge is 0.291 e. The third-order valence-corrected chi connectivity index (χ3v) is 6.02. The normalized spacial score (nSPS) is 15.0. The molecule has 1 saturated heterocycles. The Labute approximate surface area is 180 Å². The van der Waals surface area contributed by atoms with Crippen LogP contribution in [0.3, 0.4) is 0 Å². The second-order valence-corrected chi connectivity index (χ2v) is 8.47. The van der Waals surface area contributed by atoms with Gasteiger partial charge < -0.3 is 14.4 Å². The van der Waals surface area contributed by atoms with E-state index >= 15 is 0 Å². The molecule has 0 atom stereocenters. The highest BCUT2D eigenvalue weighted by Gasteiger charge is 2.20. The topological polar surface area (TPSA) is 67.2 Å². The van der Waals surface area contributed by atoms with Gasteiger partial charge in [0, 0.05) is 19.6 Å². The third-order valence-electron chi connectivity index (χ3n) is 6.02. The Kier molecular flexibility index (Phi) is 8.61. The predicted molar refractivity (Wildman–Crippen MR) is 121 cm³/mol. The van der Waals surface area contributed by atoms with Crippen LogP contribution in [-0.2, 0) is 6.54 Å². The van der Waals surface area contributed by atoms with Crippen molar-refractivity contribution in [2.75, 3.05) is 32.7 Å². The lowest BCUT2D eigenvalue weighted by Gasteiger charge is -2.26. The van der Waals surface area contributed by atoms with Crippen molar-refractivity contribution in [3.63, 3.8) is 0 Å². The molecule has 7 nitrogen and oxygen atoms in total. The molecule has 30 heavy (non-hydrogen) atoms. The third kappa shape index (κ3) is 5.78. The number of imidazole rings is 1. The SMILES string of the molecule is CCCCN(CCCC)C(=O)c1ncc2nc(C)n(CCCN3CCCCC3)c2n1. The zero-order valence-electron chi connectivity index (χ0n) is 19.1. The molecule has 3 rings (SSSR count). The van der Waals surface area contributed by atoms with E-state index in [0.717, 1.165) is 75.3 Å². The molecule has 7 heteroatoms. The van der Waals surface area contributed by atoms with Crippen LogP contribution in [0.1, 0.15) is 81.7 Å². The Hall–Kier alpha value is -2.02. The average Bonchev–Trinajstić information content (AvgIpc) is 3.08. The summed E-state index contributed by atoms with van der Waals surface area (Å²) in [4.78, 5) is 31.2. The van der Waals surface area contributed by atoms with Crippen molar-refractivity contribution in [2.45, 2.75) is 78.7 Å². The highest BCUT2D eigenvalue weighted by Crippen LogP contribution is 2.16. The van der Waals surface area contributed by atoms with Crippen molar-refractivity contribution in [3.8, 4) is 0 Å². The Bertz CT molecular complexity index is 803. The monoisotopic (exact) mass is 414 g/mol. The lowest BCUT2D eigenvalue weighted by atomic mass is 10.1. The second-order valence-electron chi connectivity index (χ2n) is 8.47. The van der Waals surface area contributed by atoms with Gasteiger partial charge in [-0.1, -0.05) is 33.1 Å². The van der Waals surface area contributed by atoms with E-state index in [0.29, 0.717) is 5.82 Å². The number of piperidine rings is 1. The number of carbonyl (C=O) groups excluding carboxylic acids is 1. The summed E-state index contributed by atoms with van der Waals surface area (Å²) in [6.07, 6.45) is 10.9. The molecule has 0 saturated carbocycles. The Morgan fingerprint density at radius 1 is 1.00 bits per heavy atom. The van der Waals surface area contributed by atoms with Crippen molar-refractivity contribution in [1.82, 2.24) is 29.3 Å². The minimum atomic E-state index is -0.0579. The summed E-state index contributed by atoms with van der Waals surface area (Å²) in [6.45, 7) is 12.3. The van der Waals surface area contributed by atoms with Crippen LogP contribution in [0.15, 0.2) is 6.20 Å². The first-order valence-corrected chi connectivity index (χ1v) is 11.9. The van der Waals surface area contributed by atoms with Gasteiger partial charge in [-0.2, -0.15) is 0 Å². The van der Waals surface area contributed by atoms with Crippen LogP contribution in [-0.4, -0.2) is 67.9 Å². The zero-order chi connectivity index (χ0) is 21.3. The molecule has 0 spiro atoms. The quantitative estimate of drug-likeness (QED) is 0.555. The molecule has 2 aromatic rings. The van der Waals surface area contributed by atoms with Crippen LogP contribution in [0, 0.1) is 6.92 Å². The fourth-order valence-corrected chi connectivity index (χ4v) is 4.19. The Morgan fingerprint density at radius 2 is 1.70 bits per heavy atom. The van der Waals surface area contributed by atoms with Crippen molar-refractivity contribution in [2.24, 2.45) is 0 Å². The van der Waals surface area contributed by atoms with E-state index in [1.54, 1.807) is 6.20 Å². The number of nitrogens with zero attached hydrogens (tertiary/aromatic N) is 6. The predicted octanol–water partition coefficient (Wildman–Crippen LogP) is 4.05. The summed E-state index contributed by atoms with van der Waals surface area (Å²) in [6, 6.07) is 0. The van der Waals surface area contributed by atoms with Crippen molar-refractivity contribution >= 4 is 17.1 Å². The van der Waals surface area contributed by atoms with Crippen molar-refractivity contribution < 1.29 is 4.79 Å². The molecule has 0 unspecified atom stereocenters. The fourth-order valence-electron chi connectivity index (χ4n) is 4.19. The summed E-state index contributed by atoms with van der Waals surface area (Å²) in [5.74, 6) is 1.18. The molecule has 2 aromatic heterocycles. The first-order chi connectivity index (χ1) is 14.6. The summed E-state index contributed by atoms with van der Waals surface area (Å²) in [5.41, 5.74) is 1.56. The molecule has 1 fully saturated rings. The van der Waals surface area contributed by atoms with E-state index in [2.05, 4.69) is 38.3 Å². The van der Waals surface area contributed by atoms with Crippen LogP contribution < -0.4 is 0 Å². The van der Waals surface area contributed by atoms with Crippen LogP contribution in [0.5, 0.6) is 0 Å². The fraction of sp³-hybridized carbons (Fsp3) is 0.739. The number of rotatable bonds is 11. The highest BCUT2D eigenvalue weighted by atomic mass is 16.2. The molecule has 0 bridgehead atoms. The van der Waals surface area contributed by atoms with Gasteiger partial charge in [-0.15, -0.1) is 0 Å². The number of carbonyl (C=O) groups is 1. The molecule has 3 heterocycles. The first-order valence-electron chi connectivity index (χ1n) is 11.9. The molecule has 1 aliphatic rings. The Balaban J connectivity index is 1.73. The largest absolute Gasteiger partial charge is 0.336 e. The lowest BCUT2D eigenvalue weighted by molar-refractivity contribution is 0.0739. The van der Waals surface area contributed by atoms with Crippen LogP contribution >= 0.6 is 0 Å². The molecule has 166 valence electrons. The van der Waals surface area contributed by atoms with Crippen LogP contribution in [0.25, 0.3) is 11.2 Å². The maximum Gasteiger partial charge on any atom is 0.291 e. The molecule has 0 radical (unpaired) electrons. The van der Waals surface area contributed by atoms with Gasteiger partial charge in [-0.05, 0) is 58.7 Å². The van der Waals surface area contributed by atoms with Gasteiger partial charge in [0.1, 0.15) is 11.3 Å². The Morgan fingerprint density at radius 3 is 2.37 bits per heavy atom. The first kappa shape index (κ1) is 22.7. The van der Waals surface area contributed by atoms with E-state index in [1.807, 2.05) is 11.8 Å². The molecular formula is C23H38N6O. The van der Waals surface area contributed by atoms with Crippen molar-refractivity contribution in [3.05, 3.63) is 17.8 Å².